The standard InChI is InChI=1S/C24H21N3O4/c28-23(29)21(14-22-25-19-8-4-5-9-20(19)26-22)27-24(30)31-15-16-10-12-18(13-11-16)17-6-2-1-3-7-17/h1-13,21H,14-15H2,(H,25,26)(H,27,30)(H,28,29)/t21-/m1/s1. The Balaban J connectivity index is 1.33. The van der Waals surface area contributed by atoms with Crippen LogP contribution in [0.3, 0.4) is 0 Å². The number of benzene rings is 3. The van der Waals surface area contributed by atoms with Gasteiger partial charge in [0, 0.05) is 6.42 Å². The summed E-state index contributed by atoms with van der Waals surface area (Å²) in [7, 11) is 0. The van der Waals surface area contributed by atoms with Crippen LogP contribution in [0.15, 0.2) is 78.9 Å². The quantitative estimate of drug-likeness (QED) is 0.421. The van der Waals surface area contributed by atoms with Gasteiger partial charge in [0.1, 0.15) is 18.5 Å². The molecule has 0 saturated carbocycles. The van der Waals surface area contributed by atoms with Gasteiger partial charge >= 0.3 is 12.1 Å². The molecule has 1 heterocycles. The van der Waals surface area contributed by atoms with Crippen molar-refractivity contribution in [3.05, 3.63) is 90.3 Å². The van der Waals surface area contributed by atoms with Gasteiger partial charge < -0.3 is 20.1 Å². The lowest BCUT2D eigenvalue weighted by Gasteiger charge is -2.13. The SMILES string of the molecule is O=C(N[C@H](Cc1nc2ccccc2[nH]1)C(=O)O)OCc1ccc(-c2ccccc2)cc1. The summed E-state index contributed by atoms with van der Waals surface area (Å²) >= 11 is 0. The minimum Gasteiger partial charge on any atom is -0.480 e. The van der Waals surface area contributed by atoms with Gasteiger partial charge in [0.25, 0.3) is 0 Å². The van der Waals surface area contributed by atoms with E-state index in [0.717, 1.165) is 27.7 Å². The van der Waals surface area contributed by atoms with Crippen LogP contribution in [0.4, 0.5) is 4.79 Å². The number of rotatable bonds is 7. The number of aliphatic carboxylic acids is 1. The Bertz CT molecular complexity index is 1150. The first kappa shape index (κ1) is 20.2. The van der Waals surface area contributed by atoms with Crippen molar-refractivity contribution >= 4 is 23.1 Å². The maximum atomic E-state index is 12.2. The highest BCUT2D eigenvalue weighted by atomic mass is 16.5. The molecular formula is C24H21N3O4. The molecule has 0 aliphatic heterocycles. The van der Waals surface area contributed by atoms with Crippen LogP contribution in [0.2, 0.25) is 0 Å². The van der Waals surface area contributed by atoms with Crippen molar-refractivity contribution in [1.82, 2.24) is 15.3 Å². The van der Waals surface area contributed by atoms with Gasteiger partial charge in [0.15, 0.2) is 0 Å². The molecule has 0 spiro atoms. The van der Waals surface area contributed by atoms with Crippen LogP contribution in [0.1, 0.15) is 11.4 Å². The largest absolute Gasteiger partial charge is 0.480 e. The van der Waals surface area contributed by atoms with Crippen LogP contribution in [0.5, 0.6) is 0 Å². The highest BCUT2D eigenvalue weighted by Crippen LogP contribution is 2.19. The molecule has 4 rings (SSSR count). The predicted octanol–water partition coefficient (Wildman–Crippen LogP) is 4.15. The van der Waals surface area contributed by atoms with E-state index in [1.165, 1.54) is 0 Å². The average Bonchev–Trinajstić information content (AvgIpc) is 3.20. The molecule has 7 heteroatoms. The molecule has 0 aliphatic rings. The fraction of sp³-hybridized carbons (Fsp3) is 0.125. The van der Waals surface area contributed by atoms with Crippen LogP contribution in [0, 0.1) is 0 Å². The number of alkyl carbamates (subject to hydrolysis) is 1. The fourth-order valence-electron chi connectivity index (χ4n) is 3.25. The van der Waals surface area contributed by atoms with Crippen molar-refractivity contribution in [2.45, 2.75) is 19.1 Å². The van der Waals surface area contributed by atoms with E-state index in [9.17, 15) is 14.7 Å². The molecule has 0 bridgehead atoms. The Morgan fingerprint density at radius 1 is 0.935 bits per heavy atom. The van der Waals surface area contributed by atoms with Crippen LogP contribution >= 0.6 is 0 Å². The minimum absolute atomic E-state index is 0.0187. The molecule has 1 amide bonds. The number of nitrogens with one attached hydrogen (secondary N) is 2. The zero-order valence-electron chi connectivity index (χ0n) is 16.6. The fourth-order valence-corrected chi connectivity index (χ4v) is 3.25. The van der Waals surface area contributed by atoms with Crippen LogP contribution in [-0.2, 0) is 22.6 Å². The number of para-hydroxylation sites is 2. The summed E-state index contributed by atoms with van der Waals surface area (Å²) in [5.74, 6) is -0.685. The zero-order valence-corrected chi connectivity index (χ0v) is 16.6. The van der Waals surface area contributed by atoms with E-state index < -0.39 is 18.1 Å². The first-order valence-electron chi connectivity index (χ1n) is 9.82. The molecule has 0 saturated heterocycles. The summed E-state index contributed by atoms with van der Waals surface area (Å²) in [5.41, 5.74) is 4.51. The van der Waals surface area contributed by atoms with Gasteiger partial charge in [-0.15, -0.1) is 0 Å². The van der Waals surface area contributed by atoms with E-state index in [1.807, 2.05) is 78.9 Å². The maximum absolute atomic E-state index is 12.2. The van der Waals surface area contributed by atoms with Crippen molar-refractivity contribution in [3.8, 4) is 11.1 Å². The number of hydrogen-bond donors (Lipinski definition) is 3. The molecule has 31 heavy (non-hydrogen) atoms. The lowest BCUT2D eigenvalue weighted by molar-refractivity contribution is -0.139. The highest BCUT2D eigenvalue weighted by Gasteiger charge is 2.22. The molecule has 156 valence electrons. The topological polar surface area (TPSA) is 104 Å². The summed E-state index contributed by atoms with van der Waals surface area (Å²) < 4.78 is 5.21. The second kappa shape index (κ2) is 9.13. The zero-order chi connectivity index (χ0) is 21.6. The lowest BCUT2D eigenvalue weighted by Crippen LogP contribution is -2.42. The third-order valence-corrected chi connectivity index (χ3v) is 4.86. The predicted molar refractivity (Wildman–Crippen MR) is 116 cm³/mol. The van der Waals surface area contributed by atoms with E-state index >= 15 is 0 Å². The monoisotopic (exact) mass is 415 g/mol. The molecule has 7 nitrogen and oxygen atoms in total. The molecule has 1 aromatic heterocycles. The molecule has 1 atom stereocenters. The van der Waals surface area contributed by atoms with E-state index in [0.29, 0.717) is 5.82 Å². The summed E-state index contributed by atoms with van der Waals surface area (Å²) in [5, 5.41) is 11.9. The average molecular weight is 415 g/mol. The number of fused-ring (bicyclic) bond motifs is 1. The minimum atomic E-state index is -1.16. The number of ether oxygens (including phenoxy) is 1. The first-order chi connectivity index (χ1) is 15.1. The number of carboxylic acids is 1. The van der Waals surface area contributed by atoms with E-state index in [1.54, 1.807) is 0 Å². The molecular weight excluding hydrogens is 394 g/mol. The Morgan fingerprint density at radius 2 is 1.61 bits per heavy atom. The van der Waals surface area contributed by atoms with Crippen LogP contribution in [-0.4, -0.2) is 33.2 Å². The van der Waals surface area contributed by atoms with Gasteiger partial charge in [0.05, 0.1) is 11.0 Å². The number of hydrogen-bond acceptors (Lipinski definition) is 4. The molecule has 3 N–H and O–H groups in total. The molecule has 0 fully saturated rings. The molecule has 0 radical (unpaired) electrons. The van der Waals surface area contributed by atoms with Crippen LogP contribution in [0.25, 0.3) is 22.2 Å². The Kier molecular flexibility index (Phi) is 5.93. The second-order valence-electron chi connectivity index (χ2n) is 7.08. The highest BCUT2D eigenvalue weighted by molar-refractivity contribution is 5.80. The number of nitrogens with zero attached hydrogens (tertiary/aromatic N) is 1. The van der Waals surface area contributed by atoms with Crippen LogP contribution < -0.4 is 5.32 Å². The number of amides is 1. The summed E-state index contributed by atoms with van der Waals surface area (Å²) in [6, 6.07) is 23.8. The van der Waals surface area contributed by atoms with Crippen molar-refractivity contribution < 1.29 is 19.4 Å². The number of carbonyl (C=O) groups excluding carboxylic acids is 1. The maximum Gasteiger partial charge on any atom is 0.408 e. The summed E-state index contributed by atoms with van der Waals surface area (Å²) in [4.78, 5) is 31.2. The number of aromatic amines is 1. The van der Waals surface area contributed by atoms with Crippen molar-refractivity contribution in [3.63, 3.8) is 0 Å². The van der Waals surface area contributed by atoms with E-state index in [-0.39, 0.29) is 13.0 Å². The van der Waals surface area contributed by atoms with Gasteiger partial charge in [-0.1, -0.05) is 66.7 Å². The smallest absolute Gasteiger partial charge is 0.408 e. The Morgan fingerprint density at radius 3 is 2.32 bits per heavy atom. The van der Waals surface area contributed by atoms with Gasteiger partial charge in [-0.25, -0.2) is 14.6 Å². The summed E-state index contributed by atoms with van der Waals surface area (Å²) in [6.07, 6.45) is -0.777. The lowest BCUT2D eigenvalue weighted by atomic mass is 10.0. The van der Waals surface area contributed by atoms with E-state index in [2.05, 4.69) is 15.3 Å². The molecule has 3 aromatic carbocycles. The van der Waals surface area contributed by atoms with Crippen molar-refractivity contribution in [2.24, 2.45) is 0 Å². The number of H-pyrrole nitrogens is 1. The molecule has 0 aliphatic carbocycles. The number of aromatic nitrogens is 2. The third-order valence-electron chi connectivity index (χ3n) is 4.86. The number of imidazole rings is 1. The molecule has 4 aromatic rings. The van der Waals surface area contributed by atoms with Crippen molar-refractivity contribution in [1.29, 1.82) is 0 Å². The molecule has 0 unspecified atom stereocenters. The van der Waals surface area contributed by atoms with E-state index in [4.69, 9.17) is 4.74 Å². The number of carboxylic acid groups (broad SMARTS) is 1. The number of carbonyl (C=O) groups is 2. The summed E-state index contributed by atoms with van der Waals surface area (Å²) in [6.45, 7) is 0.0396. The normalized spacial score (nSPS) is 11.7. The Hall–Kier alpha value is -4.13. The third kappa shape index (κ3) is 5.08. The van der Waals surface area contributed by atoms with Gasteiger partial charge in [0.2, 0.25) is 0 Å². The first-order valence-corrected chi connectivity index (χ1v) is 9.82. The van der Waals surface area contributed by atoms with Gasteiger partial charge in [-0.3, -0.25) is 0 Å². The van der Waals surface area contributed by atoms with Crippen molar-refractivity contribution in [2.75, 3.05) is 0 Å². The second-order valence-corrected chi connectivity index (χ2v) is 7.08. The van der Waals surface area contributed by atoms with Gasteiger partial charge in [-0.05, 0) is 28.8 Å². The van der Waals surface area contributed by atoms with Gasteiger partial charge in [-0.2, -0.15) is 0 Å². The Labute approximate surface area is 178 Å².